The number of para-hydroxylation sites is 1. The van der Waals surface area contributed by atoms with Crippen LogP contribution in [0, 0.1) is 0 Å². The molecule has 130 valence electrons. The summed E-state index contributed by atoms with van der Waals surface area (Å²) in [6.07, 6.45) is 5.04. The van der Waals surface area contributed by atoms with E-state index < -0.39 is 6.10 Å². The van der Waals surface area contributed by atoms with Crippen LogP contribution in [0.4, 0.5) is 5.69 Å². The highest BCUT2D eigenvalue weighted by atomic mass is 16.5. The van der Waals surface area contributed by atoms with E-state index in [-0.39, 0.29) is 11.9 Å². The van der Waals surface area contributed by atoms with Crippen LogP contribution in [0.5, 0.6) is 5.75 Å². The van der Waals surface area contributed by atoms with E-state index in [1.807, 2.05) is 42.2 Å². The quantitative estimate of drug-likeness (QED) is 0.836. The summed E-state index contributed by atoms with van der Waals surface area (Å²) >= 11 is 0. The zero-order valence-electron chi connectivity index (χ0n) is 15.0. The molecule has 2 atom stereocenters. The van der Waals surface area contributed by atoms with Crippen molar-refractivity contribution in [3.63, 3.8) is 0 Å². The largest absolute Gasteiger partial charge is 0.481 e. The smallest absolute Gasteiger partial charge is 0.268 e. The zero-order valence-corrected chi connectivity index (χ0v) is 15.0. The van der Waals surface area contributed by atoms with Crippen molar-refractivity contribution in [2.24, 2.45) is 0 Å². The highest BCUT2D eigenvalue weighted by molar-refractivity contribution is 5.99. The van der Waals surface area contributed by atoms with Crippen LogP contribution in [0.1, 0.15) is 43.4 Å². The number of aryl methyl sites for hydroxylation is 1. The SMILES string of the molecule is CC(Oc1cccc2c1CCCC2)C(=O)N1c2ccccc2CC1C. The van der Waals surface area contributed by atoms with Gasteiger partial charge in [0.15, 0.2) is 6.10 Å². The molecule has 4 rings (SSSR count). The maximum atomic E-state index is 13.1. The van der Waals surface area contributed by atoms with Crippen LogP contribution in [0.3, 0.4) is 0 Å². The normalized spacial score (nSPS) is 19.9. The summed E-state index contributed by atoms with van der Waals surface area (Å²) in [4.78, 5) is 15.0. The number of rotatable bonds is 3. The minimum Gasteiger partial charge on any atom is -0.481 e. The minimum absolute atomic E-state index is 0.0471. The Balaban J connectivity index is 1.56. The molecule has 0 spiro atoms. The van der Waals surface area contributed by atoms with Gasteiger partial charge in [-0.25, -0.2) is 0 Å². The van der Waals surface area contributed by atoms with E-state index in [1.54, 1.807) is 0 Å². The Morgan fingerprint density at radius 1 is 1.08 bits per heavy atom. The fourth-order valence-electron chi connectivity index (χ4n) is 4.19. The lowest BCUT2D eigenvalue weighted by molar-refractivity contribution is -0.124. The molecule has 0 saturated heterocycles. The van der Waals surface area contributed by atoms with Gasteiger partial charge in [-0.15, -0.1) is 0 Å². The van der Waals surface area contributed by atoms with Crippen molar-refractivity contribution in [2.75, 3.05) is 4.90 Å². The number of carbonyl (C=O) groups excluding carboxylic acids is 1. The van der Waals surface area contributed by atoms with Crippen LogP contribution in [-0.2, 0) is 24.1 Å². The first-order valence-electron chi connectivity index (χ1n) is 9.33. The number of anilines is 1. The van der Waals surface area contributed by atoms with Crippen molar-refractivity contribution in [1.29, 1.82) is 0 Å². The fraction of sp³-hybridized carbons (Fsp3) is 0.409. The summed E-state index contributed by atoms with van der Waals surface area (Å²) in [6.45, 7) is 3.98. The molecule has 0 saturated carbocycles. The van der Waals surface area contributed by atoms with E-state index in [0.29, 0.717) is 0 Å². The van der Waals surface area contributed by atoms with Crippen molar-refractivity contribution in [1.82, 2.24) is 0 Å². The van der Waals surface area contributed by atoms with Gasteiger partial charge in [-0.3, -0.25) is 4.79 Å². The number of hydrogen-bond acceptors (Lipinski definition) is 2. The van der Waals surface area contributed by atoms with E-state index in [0.717, 1.165) is 30.7 Å². The van der Waals surface area contributed by atoms with Gasteiger partial charge in [0, 0.05) is 11.7 Å². The van der Waals surface area contributed by atoms with Crippen LogP contribution in [-0.4, -0.2) is 18.1 Å². The lowest BCUT2D eigenvalue weighted by Crippen LogP contribution is -2.43. The molecular weight excluding hydrogens is 310 g/mol. The average Bonchev–Trinajstić information content (AvgIpc) is 2.97. The first kappa shape index (κ1) is 16.2. The van der Waals surface area contributed by atoms with Crippen molar-refractivity contribution in [2.45, 2.75) is 58.1 Å². The Hall–Kier alpha value is -2.29. The predicted molar refractivity (Wildman–Crippen MR) is 100 cm³/mol. The highest BCUT2D eigenvalue weighted by Crippen LogP contribution is 2.34. The number of carbonyl (C=O) groups is 1. The summed E-state index contributed by atoms with van der Waals surface area (Å²) in [5.74, 6) is 0.934. The first-order chi connectivity index (χ1) is 12.1. The second-order valence-electron chi connectivity index (χ2n) is 7.25. The monoisotopic (exact) mass is 335 g/mol. The van der Waals surface area contributed by atoms with Crippen LogP contribution < -0.4 is 9.64 Å². The number of benzene rings is 2. The molecule has 1 aliphatic carbocycles. The first-order valence-corrected chi connectivity index (χ1v) is 9.33. The van der Waals surface area contributed by atoms with Crippen molar-refractivity contribution < 1.29 is 9.53 Å². The number of fused-ring (bicyclic) bond motifs is 2. The van der Waals surface area contributed by atoms with Crippen molar-refractivity contribution >= 4 is 11.6 Å². The molecule has 3 nitrogen and oxygen atoms in total. The van der Waals surface area contributed by atoms with Crippen molar-refractivity contribution in [3.05, 3.63) is 59.2 Å². The Morgan fingerprint density at radius 2 is 1.84 bits per heavy atom. The molecule has 1 amide bonds. The van der Waals surface area contributed by atoms with Crippen LogP contribution in [0.2, 0.25) is 0 Å². The maximum Gasteiger partial charge on any atom is 0.268 e. The summed E-state index contributed by atoms with van der Waals surface area (Å²) in [5.41, 5.74) is 4.95. The van der Waals surface area contributed by atoms with E-state index in [2.05, 4.69) is 19.1 Å². The van der Waals surface area contributed by atoms with Gasteiger partial charge in [0.05, 0.1) is 0 Å². The molecule has 1 aliphatic heterocycles. The van der Waals surface area contributed by atoms with E-state index in [1.165, 1.54) is 29.5 Å². The Labute approximate surface area is 149 Å². The van der Waals surface area contributed by atoms with Crippen LogP contribution in [0.15, 0.2) is 42.5 Å². The molecule has 0 radical (unpaired) electrons. The molecule has 0 N–H and O–H groups in total. The molecule has 2 aliphatic rings. The maximum absolute atomic E-state index is 13.1. The topological polar surface area (TPSA) is 29.5 Å². The third-order valence-corrected chi connectivity index (χ3v) is 5.45. The van der Waals surface area contributed by atoms with E-state index >= 15 is 0 Å². The molecule has 0 fully saturated rings. The minimum atomic E-state index is -0.484. The van der Waals surface area contributed by atoms with Gasteiger partial charge in [0.1, 0.15) is 5.75 Å². The number of amides is 1. The standard InChI is InChI=1S/C22H25NO2/c1-15-14-18-9-4-6-12-20(18)23(15)22(24)16(2)25-21-13-7-10-17-8-3-5-11-19(17)21/h4,6-7,9-10,12-13,15-16H,3,5,8,11,14H2,1-2H3. The van der Waals surface area contributed by atoms with E-state index in [9.17, 15) is 4.79 Å². The van der Waals surface area contributed by atoms with Gasteiger partial charge in [0.2, 0.25) is 0 Å². The number of ether oxygens (including phenoxy) is 1. The van der Waals surface area contributed by atoms with Crippen LogP contribution in [0.25, 0.3) is 0 Å². The molecule has 25 heavy (non-hydrogen) atoms. The van der Waals surface area contributed by atoms with Gasteiger partial charge in [-0.05, 0) is 74.8 Å². The van der Waals surface area contributed by atoms with Gasteiger partial charge in [-0.2, -0.15) is 0 Å². The lowest BCUT2D eigenvalue weighted by Gasteiger charge is -2.27. The molecule has 2 unspecified atom stereocenters. The summed E-state index contributed by atoms with van der Waals surface area (Å²) in [5, 5.41) is 0. The lowest BCUT2D eigenvalue weighted by atomic mass is 9.91. The van der Waals surface area contributed by atoms with Crippen molar-refractivity contribution in [3.8, 4) is 5.75 Å². The van der Waals surface area contributed by atoms with E-state index in [4.69, 9.17) is 4.74 Å². The fourth-order valence-corrected chi connectivity index (χ4v) is 4.19. The van der Waals surface area contributed by atoms with Gasteiger partial charge < -0.3 is 9.64 Å². The van der Waals surface area contributed by atoms with Gasteiger partial charge in [-0.1, -0.05) is 30.3 Å². The second kappa shape index (κ2) is 6.55. The molecule has 0 bridgehead atoms. The number of hydrogen-bond donors (Lipinski definition) is 0. The Morgan fingerprint density at radius 3 is 2.72 bits per heavy atom. The summed E-state index contributed by atoms with van der Waals surface area (Å²) in [7, 11) is 0. The highest BCUT2D eigenvalue weighted by Gasteiger charge is 2.34. The zero-order chi connectivity index (χ0) is 17.4. The molecular formula is C22H25NO2. The Bertz CT molecular complexity index is 798. The Kier molecular flexibility index (Phi) is 4.24. The summed E-state index contributed by atoms with van der Waals surface area (Å²) < 4.78 is 6.16. The van der Waals surface area contributed by atoms with Gasteiger partial charge in [0.25, 0.3) is 5.91 Å². The molecule has 0 aromatic heterocycles. The second-order valence-corrected chi connectivity index (χ2v) is 7.25. The molecule has 2 aromatic carbocycles. The third kappa shape index (κ3) is 2.92. The molecule has 1 heterocycles. The van der Waals surface area contributed by atoms with Crippen LogP contribution >= 0.6 is 0 Å². The molecule has 2 aromatic rings. The average molecular weight is 335 g/mol. The van der Waals surface area contributed by atoms with Gasteiger partial charge >= 0.3 is 0 Å². The summed E-state index contributed by atoms with van der Waals surface area (Å²) in [6, 6.07) is 14.6. The third-order valence-electron chi connectivity index (χ3n) is 5.45. The number of nitrogens with zero attached hydrogens (tertiary/aromatic N) is 1. The molecule has 3 heteroatoms. The predicted octanol–water partition coefficient (Wildman–Crippen LogP) is 4.31.